The molecule has 0 bridgehead atoms. The van der Waals surface area contributed by atoms with Crippen molar-refractivity contribution in [2.45, 2.75) is 59.9 Å². The first-order chi connectivity index (χ1) is 11.4. The van der Waals surface area contributed by atoms with E-state index in [4.69, 9.17) is 9.47 Å². The van der Waals surface area contributed by atoms with Crippen LogP contribution in [0.1, 0.15) is 63.4 Å². The van der Waals surface area contributed by atoms with Gasteiger partial charge in [0.15, 0.2) is 11.5 Å². The molecule has 0 fully saturated rings. The Bertz CT molecular complexity index is 579. The quantitative estimate of drug-likeness (QED) is 0.782. The minimum atomic E-state index is -0.130. The van der Waals surface area contributed by atoms with Crippen molar-refractivity contribution in [3.63, 3.8) is 0 Å². The van der Waals surface area contributed by atoms with Crippen LogP contribution in [0.3, 0.4) is 0 Å². The number of fused-ring (bicyclic) bond motifs is 1. The highest BCUT2D eigenvalue weighted by Gasteiger charge is 2.25. The molecule has 2 N–H and O–H groups in total. The van der Waals surface area contributed by atoms with Crippen LogP contribution in [0.5, 0.6) is 11.5 Å². The minimum absolute atomic E-state index is 0.0731. The van der Waals surface area contributed by atoms with Crippen LogP contribution < -0.4 is 20.3 Å². The lowest BCUT2D eigenvalue weighted by Crippen LogP contribution is -2.50. The Kier molecular flexibility index (Phi) is 6.10. The fourth-order valence-electron chi connectivity index (χ4n) is 2.97. The molecule has 0 saturated heterocycles. The predicted octanol–water partition coefficient (Wildman–Crippen LogP) is 3.47. The molecule has 1 unspecified atom stereocenters. The number of rotatable bonds is 6. The summed E-state index contributed by atoms with van der Waals surface area (Å²) in [7, 11) is 0. The Morgan fingerprint density at radius 2 is 1.92 bits per heavy atom. The predicted molar refractivity (Wildman–Crippen MR) is 95.6 cm³/mol. The molecule has 0 spiro atoms. The molecule has 24 heavy (non-hydrogen) atoms. The number of hydrogen-bond donors (Lipinski definition) is 2. The maximum atomic E-state index is 12.7. The summed E-state index contributed by atoms with van der Waals surface area (Å²) in [4.78, 5) is 12.7. The lowest BCUT2D eigenvalue weighted by molar-refractivity contribution is 0.0902. The number of hydrogen-bond acceptors (Lipinski definition) is 4. The average Bonchev–Trinajstić information content (AvgIpc) is 2.56. The number of ether oxygens (including phenoxy) is 2. The summed E-state index contributed by atoms with van der Waals surface area (Å²) >= 11 is 0. The van der Waals surface area contributed by atoms with E-state index in [9.17, 15) is 4.79 Å². The van der Waals surface area contributed by atoms with Crippen molar-refractivity contribution in [2.24, 2.45) is 5.41 Å². The van der Waals surface area contributed by atoms with Crippen LogP contribution in [0.25, 0.3) is 0 Å². The third kappa shape index (κ3) is 4.20. The number of hydrazine groups is 1. The molecule has 1 aromatic carbocycles. The zero-order chi connectivity index (χ0) is 17.7. The number of nitrogens with one attached hydrogen (secondary N) is 2. The molecule has 1 amide bonds. The lowest BCUT2D eigenvalue weighted by Gasteiger charge is -2.31. The summed E-state index contributed by atoms with van der Waals surface area (Å²) in [6, 6.07) is 3.85. The third-order valence-electron chi connectivity index (χ3n) is 4.39. The number of carbonyl (C=O) groups excluding carboxylic acids is 1. The average molecular weight is 334 g/mol. The van der Waals surface area contributed by atoms with Crippen LogP contribution in [0.15, 0.2) is 12.1 Å². The van der Waals surface area contributed by atoms with Crippen LogP contribution in [-0.2, 0) is 6.42 Å². The summed E-state index contributed by atoms with van der Waals surface area (Å²) in [6.07, 6.45) is 2.79. The first kappa shape index (κ1) is 18.6. The molecule has 1 atom stereocenters. The van der Waals surface area contributed by atoms with E-state index in [1.807, 2.05) is 19.1 Å². The van der Waals surface area contributed by atoms with Crippen molar-refractivity contribution < 1.29 is 14.3 Å². The van der Waals surface area contributed by atoms with Gasteiger partial charge in [-0.3, -0.25) is 10.2 Å². The second-order valence-electron chi connectivity index (χ2n) is 7.28. The Labute approximate surface area is 145 Å². The highest BCUT2D eigenvalue weighted by atomic mass is 16.6. The van der Waals surface area contributed by atoms with Crippen molar-refractivity contribution in [1.29, 1.82) is 0 Å². The van der Waals surface area contributed by atoms with Gasteiger partial charge in [0.1, 0.15) is 13.2 Å². The van der Waals surface area contributed by atoms with Crippen molar-refractivity contribution in [3.05, 3.63) is 23.3 Å². The second-order valence-corrected chi connectivity index (χ2v) is 7.28. The summed E-state index contributed by atoms with van der Waals surface area (Å²) in [6.45, 7) is 11.8. The molecular weight excluding hydrogens is 304 g/mol. The molecule has 5 heteroatoms. The van der Waals surface area contributed by atoms with Gasteiger partial charge >= 0.3 is 0 Å². The van der Waals surface area contributed by atoms with Crippen molar-refractivity contribution in [1.82, 2.24) is 10.9 Å². The first-order valence-electron chi connectivity index (χ1n) is 8.85. The molecule has 0 aliphatic carbocycles. The maximum Gasteiger partial charge on any atom is 0.265 e. The van der Waals surface area contributed by atoms with Gasteiger partial charge < -0.3 is 9.47 Å². The zero-order valence-corrected chi connectivity index (χ0v) is 15.5. The molecule has 1 aromatic rings. The molecule has 1 heterocycles. The first-order valence-corrected chi connectivity index (χ1v) is 8.85. The van der Waals surface area contributed by atoms with Crippen LogP contribution in [0.2, 0.25) is 0 Å². The number of amides is 1. The molecule has 1 aliphatic heterocycles. The topological polar surface area (TPSA) is 59.6 Å². The van der Waals surface area contributed by atoms with Gasteiger partial charge in [0.05, 0.1) is 0 Å². The molecule has 1 aliphatic rings. The number of carbonyl (C=O) groups is 1. The van der Waals surface area contributed by atoms with Crippen molar-refractivity contribution >= 4 is 5.91 Å². The van der Waals surface area contributed by atoms with Gasteiger partial charge in [0.25, 0.3) is 5.91 Å². The normalized spacial score (nSPS) is 15.0. The number of benzene rings is 1. The molecule has 134 valence electrons. The highest BCUT2D eigenvalue weighted by molar-refractivity contribution is 5.96. The van der Waals surface area contributed by atoms with Crippen LogP contribution in [0, 0.1) is 5.41 Å². The van der Waals surface area contributed by atoms with E-state index in [0.29, 0.717) is 30.9 Å². The van der Waals surface area contributed by atoms with Crippen molar-refractivity contribution in [2.75, 3.05) is 13.2 Å². The zero-order valence-electron chi connectivity index (χ0n) is 15.5. The van der Waals surface area contributed by atoms with Gasteiger partial charge in [-0.2, -0.15) is 0 Å². The molecular formula is C19H30N2O3. The smallest absolute Gasteiger partial charge is 0.265 e. The Morgan fingerprint density at radius 3 is 2.54 bits per heavy atom. The Morgan fingerprint density at radius 1 is 1.21 bits per heavy atom. The third-order valence-corrected chi connectivity index (χ3v) is 4.39. The van der Waals surface area contributed by atoms with Crippen LogP contribution in [-0.4, -0.2) is 25.2 Å². The monoisotopic (exact) mass is 334 g/mol. The summed E-state index contributed by atoms with van der Waals surface area (Å²) < 4.78 is 11.3. The largest absolute Gasteiger partial charge is 0.486 e. The minimum Gasteiger partial charge on any atom is -0.486 e. The molecule has 2 rings (SSSR count). The van der Waals surface area contributed by atoms with E-state index in [-0.39, 0.29) is 17.4 Å². The molecule has 0 radical (unpaired) electrons. The molecule has 5 nitrogen and oxygen atoms in total. The van der Waals surface area contributed by atoms with E-state index >= 15 is 0 Å². The van der Waals surface area contributed by atoms with E-state index in [0.717, 1.165) is 24.2 Å². The van der Waals surface area contributed by atoms with Gasteiger partial charge in [-0.15, -0.1) is 0 Å². The van der Waals surface area contributed by atoms with Gasteiger partial charge in [0, 0.05) is 17.2 Å². The standard InChI is InChI=1S/C19H30N2O3/c1-6-8-16(19(3,4)5)20-21-18(22)14-9-10-15-17(13(14)7-2)24-12-11-23-15/h9-10,16,20H,6-8,11-12H2,1-5H3,(H,21,22). The summed E-state index contributed by atoms with van der Waals surface area (Å²) in [5, 5.41) is 0. The fraction of sp³-hybridized carbons (Fsp3) is 0.632. The summed E-state index contributed by atoms with van der Waals surface area (Å²) in [5.74, 6) is 1.30. The Hall–Kier alpha value is -1.75. The SMILES string of the molecule is CCCC(NNC(=O)c1ccc2c(c1CC)OCCO2)C(C)(C)C. The van der Waals surface area contributed by atoms with Gasteiger partial charge in [-0.05, 0) is 30.4 Å². The van der Waals surface area contributed by atoms with Crippen LogP contribution in [0.4, 0.5) is 0 Å². The lowest BCUT2D eigenvalue weighted by atomic mass is 9.84. The van der Waals surface area contributed by atoms with E-state index in [1.165, 1.54) is 0 Å². The molecule has 0 saturated carbocycles. The van der Waals surface area contributed by atoms with Crippen LogP contribution >= 0.6 is 0 Å². The van der Waals surface area contributed by atoms with E-state index < -0.39 is 0 Å². The Balaban J connectivity index is 2.15. The second kappa shape index (κ2) is 7.88. The molecule has 0 aromatic heterocycles. The fourth-order valence-corrected chi connectivity index (χ4v) is 2.97. The van der Waals surface area contributed by atoms with Gasteiger partial charge in [-0.25, -0.2) is 5.43 Å². The van der Waals surface area contributed by atoms with E-state index in [1.54, 1.807) is 0 Å². The van der Waals surface area contributed by atoms with E-state index in [2.05, 4.69) is 38.5 Å². The van der Waals surface area contributed by atoms with Gasteiger partial charge in [0.2, 0.25) is 0 Å². The van der Waals surface area contributed by atoms with Crippen molar-refractivity contribution in [3.8, 4) is 11.5 Å². The highest BCUT2D eigenvalue weighted by Crippen LogP contribution is 2.36. The van der Waals surface area contributed by atoms with Gasteiger partial charge in [-0.1, -0.05) is 41.0 Å². The maximum absolute atomic E-state index is 12.7. The summed E-state index contributed by atoms with van der Waals surface area (Å²) in [5.41, 5.74) is 7.71.